The van der Waals surface area contributed by atoms with Crippen LogP contribution in [0.3, 0.4) is 0 Å². The zero-order chi connectivity index (χ0) is 10.5. The summed E-state index contributed by atoms with van der Waals surface area (Å²) < 4.78 is 0. The van der Waals surface area contributed by atoms with Crippen molar-refractivity contribution in [2.45, 2.75) is 69.6 Å². The van der Waals surface area contributed by atoms with Crippen LogP contribution >= 0.6 is 0 Å². The third-order valence-corrected chi connectivity index (χ3v) is 4.26. The van der Waals surface area contributed by atoms with E-state index in [4.69, 9.17) is 0 Å². The zero-order valence-corrected chi connectivity index (χ0v) is 9.46. The van der Waals surface area contributed by atoms with E-state index >= 15 is 0 Å². The number of hydrogen-bond donors (Lipinski definition) is 1. The van der Waals surface area contributed by atoms with E-state index in [-0.39, 0.29) is 11.7 Å². The van der Waals surface area contributed by atoms with Crippen LogP contribution < -0.4 is 5.32 Å². The van der Waals surface area contributed by atoms with E-state index < -0.39 is 0 Å². The molecule has 1 heterocycles. The molecule has 1 aliphatic heterocycles. The number of carbonyl (C=O) groups excluding carboxylic acids is 1. The van der Waals surface area contributed by atoms with E-state index in [2.05, 4.69) is 17.1 Å². The Balaban J connectivity index is 1.76. The molecule has 0 aromatic carbocycles. The van der Waals surface area contributed by atoms with Crippen molar-refractivity contribution in [3.05, 3.63) is 0 Å². The molecule has 84 valence electrons. The molecule has 1 atom stereocenters. The molecule has 1 spiro atoms. The van der Waals surface area contributed by atoms with Crippen molar-refractivity contribution < 1.29 is 4.79 Å². The molecule has 1 unspecified atom stereocenters. The summed E-state index contributed by atoms with van der Waals surface area (Å²) in [6.45, 7) is 2.14. The van der Waals surface area contributed by atoms with Gasteiger partial charge >= 0.3 is 0 Å². The standard InChI is InChI=1S/C12H20N2O/c1-9-13-12(7-8-12)11(15)14(9)10-5-3-2-4-6-10/h9-10,13H,2-8H2,1H3. The Labute approximate surface area is 91.2 Å². The Hall–Kier alpha value is -0.570. The number of amides is 1. The molecule has 1 N–H and O–H groups in total. The van der Waals surface area contributed by atoms with E-state index in [1.54, 1.807) is 0 Å². The highest BCUT2D eigenvalue weighted by Gasteiger charge is 2.59. The number of hydrogen-bond acceptors (Lipinski definition) is 2. The second-order valence-corrected chi connectivity index (χ2v) is 5.41. The van der Waals surface area contributed by atoms with Gasteiger partial charge in [-0.25, -0.2) is 0 Å². The van der Waals surface area contributed by atoms with Crippen molar-refractivity contribution in [3.8, 4) is 0 Å². The van der Waals surface area contributed by atoms with Crippen LogP contribution in [0.4, 0.5) is 0 Å². The lowest BCUT2D eigenvalue weighted by atomic mass is 9.94. The highest BCUT2D eigenvalue weighted by molar-refractivity contribution is 5.92. The first kappa shape index (κ1) is 9.64. The molecule has 0 bridgehead atoms. The first-order valence-electron chi connectivity index (χ1n) is 6.33. The van der Waals surface area contributed by atoms with Gasteiger partial charge in [0, 0.05) is 6.04 Å². The van der Waals surface area contributed by atoms with Gasteiger partial charge in [0.2, 0.25) is 5.91 Å². The quantitative estimate of drug-likeness (QED) is 0.710. The summed E-state index contributed by atoms with van der Waals surface area (Å²) in [6, 6.07) is 0.522. The fourth-order valence-electron chi connectivity index (χ4n) is 3.28. The molecular formula is C12H20N2O. The smallest absolute Gasteiger partial charge is 0.244 e. The predicted octanol–water partition coefficient (Wildman–Crippen LogP) is 1.63. The number of carbonyl (C=O) groups is 1. The number of nitrogens with one attached hydrogen (secondary N) is 1. The maximum absolute atomic E-state index is 12.3. The summed E-state index contributed by atoms with van der Waals surface area (Å²) in [5, 5.41) is 3.48. The van der Waals surface area contributed by atoms with Gasteiger partial charge in [0.05, 0.1) is 11.7 Å². The van der Waals surface area contributed by atoms with E-state index in [1.807, 2.05) is 0 Å². The molecule has 1 saturated heterocycles. The van der Waals surface area contributed by atoms with E-state index in [9.17, 15) is 4.79 Å². The van der Waals surface area contributed by atoms with Gasteiger partial charge in [0.25, 0.3) is 0 Å². The molecule has 3 fully saturated rings. The average molecular weight is 208 g/mol. The minimum Gasteiger partial charge on any atom is -0.323 e. The van der Waals surface area contributed by atoms with Crippen molar-refractivity contribution in [2.75, 3.05) is 0 Å². The minimum absolute atomic E-state index is 0.114. The Bertz CT molecular complexity index is 279. The third-order valence-electron chi connectivity index (χ3n) is 4.26. The van der Waals surface area contributed by atoms with Crippen molar-refractivity contribution in [1.82, 2.24) is 10.2 Å². The molecule has 1 amide bonds. The molecule has 0 aromatic rings. The summed E-state index contributed by atoms with van der Waals surface area (Å²) in [7, 11) is 0. The van der Waals surface area contributed by atoms with Crippen LogP contribution in [0.5, 0.6) is 0 Å². The summed E-state index contributed by atoms with van der Waals surface area (Å²) in [5.41, 5.74) is -0.114. The lowest BCUT2D eigenvalue weighted by Crippen LogP contribution is -2.44. The highest BCUT2D eigenvalue weighted by atomic mass is 16.2. The van der Waals surface area contributed by atoms with Gasteiger partial charge in [0.1, 0.15) is 0 Å². The topological polar surface area (TPSA) is 32.3 Å². The van der Waals surface area contributed by atoms with Gasteiger partial charge in [0.15, 0.2) is 0 Å². The van der Waals surface area contributed by atoms with Gasteiger partial charge in [-0.1, -0.05) is 19.3 Å². The lowest BCUT2D eigenvalue weighted by molar-refractivity contribution is -0.133. The highest BCUT2D eigenvalue weighted by Crippen LogP contribution is 2.43. The van der Waals surface area contributed by atoms with Crippen LogP contribution in [-0.2, 0) is 4.79 Å². The Morgan fingerprint density at radius 2 is 1.93 bits per heavy atom. The second-order valence-electron chi connectivity index (χ2n) is 5.41. The zero-order valence-electron chi connectivity index (χ0n) is 9.46. The second kappa shape index (κ2) is 3.21. The summed E-state index contributed by atoms with van der Waals surface area (Å²) >= 11 is 0. The maximum atomic E-state index is 12.3. The van der Waals surface area contributed by atoms with Crippen molar-refractivity contribution in [1.29, 1.82) is 0 Å². The van der Waals surface area contributed by atoms with Gasteiger partial charge in [-0.2, -0.15) is 0 Å². The average Bonchev–Trinajstić information content (AvgIpc) is 2.95. The number of nitrogens with zero attached hydrogens (tertiary/aromatic N) is 1. The van der Waals surface area contributed by atoms with Gasteiger partial charge in [-0.05, 0) is 32.6 Å². The van der Waals surface area contributed by atoms with Gasteiger partial charge in [-0.3, -0.25) is 10.1 Å². The molecular weight excluding hydrogens is 188 g/mol. The maximum Gasteiger partial charge on any atom is 0.244 e. The summed E-state index contributed by atoms with van der Waals surface area (Å²) in [4.78, 5) is 14.4. The normalized spacial score (nSPS) is 35.1. The molecule has 0 aromatic heterocycles. The predicted molar refractivity (Wildman–Crippen MR) is 58.3 cm³/mol. The largest absolute Gasteiger partial charge is 0.323 e. The van der Waals surface area contributed by atoms with E-state index in [1.165, 1.54) is 32.1 Å². The molecule has 2 aliphatic carbocycles. The van der Waals surface area contributed by atoms with Crippen molar-refractivity contribution in [2.24, 2.45) is 0 Å². The van der Waals surface area contributed by atoms with Crippen LogP contribution in [0, 0.1) is 0 Å². The molecule has 2 saturated carbocycles. The van der Waals surface area contributed by atoms with Crippen molar-refractivity contribution in [3.63, 3.8) is 0 Å². The SMILES string of the molecule is CC1NC2(CC2)C(=O)N1C1CCCCC1. The molecule has 15 heavy (non-hydrogen) atoms. The molecule has 3 aliphatic rings. The Morgan fingerprint density at radius 3 is 2.47 bits per heavy atom. The number of rotatable bonds is 1. The van der Waals surface area contributed by atoms with Crippen molar-refractivity contribution >= 4 is 5.91 Å². The lowest BCUT2D eigenvalue weighted by Gasteiger charge is -2.33. The molecule has 3 rings (SSSR count). The van der Waals surface area contributed by atoms with Gasteiger partial charge < -0.3 is 4.90 Å². The fraction of sp³-hybridized carbons (Fsp3) is 0.917. The first-order chi connectivity index (χ1) is 7.23. The fourth-order valence-corrected chi connectivity index (χ4v) is 3.28. The molecule has 3 heteroatoms. The van der Waals surface area contributed by atoms with Crippen LogP contribution in [-0.4, -0.2) is 28.6 Å². The van der Waals surface area contributed by atoms with Crippen LogP contribution in [0.2, 0.25) is 0 Å². The van der Waals surface area contributed by atoms with Crippen LogP contribution in [0.15, 0.2) is 0 Å². The molecule has 0 radical (unpaired) electrons. The van der Waals surface area contributed by atoms with Crippen LogP contribution in [0.25, 0.3) is 0 Å². The first-order valence-corrected chi connectivity index (χ1v) is 6.33. The summed E-state index contributed by atoms with van der Waals surface area (Å²) in [6.07, 6.45) is 8.76. The van der Waals surface area contributed by atoms with Crippen LogP contribution in [0.1, 0.15) is 51.9 Å². The summed E-state index contributed by atoms with van der Waals surface area (Å²) in [5.74, 6) is 0.391. The monoisotopic (exact) mass is 208 g/mol. The van der Waals surface area contributed by atoms with Gasteiger partial charge in [-0.15, -0.1) is 0 Å². The Morgan fingerprint density at radius 1 is 1.27 bits per heavy atom. The molecule has 3 nitrogen and oxygen atoms in total. The van der Waals surface area contributed by atoms with E-state index in [0.717, 1.165) is 12.8 Å². The third kappa shape index (κ3) is 1.40. The Kier molecular flexibility index (Phi) is 2.06. The minimum atomic E-state index is -0.114. The van der Waals surface area contributed by atoms with E-state index in [0.29, 0.717) is 11.9 Å².